The van der Waals surface area contributed by atoms with Crippen LogP contribution in [0.1, 0.15) is 42.9 Å². The Hall–Kier alpha value is -2.50. The van der Waals surface area contributed by atoms with Crippen molar-refractivity contribution in [1.29, 1.82) is 0 Å². The van der Waals surface area contributed by atoms with Gasteiger partial charge in [0.15, 0.2) is 0 Å². The topological polar surface area (TPSA) is 40.5 Å². The van der Waals surface area contributed by atoms with E-state index >= 15 is 0 Å². The van der Waals surface area contributed by atoms with Crippen molar-refractivity contribution in [3.63, 3.8) is 0 Å². The molecule has 2 aromatic rings. The molecule has 2 aliphatic rings. The first-order chi connectivity index (χ1) is 12.5. The molecule has 0 amide bonds. The molecule has 4 rings (SSSR count). The van der Waals surface area contributed by atoms with E-state index in [1.54, 1.807) is 13.0 Å². The molecule has 0 saturated heterocycles. The number of benzene rings is 2. The molecule has 2 aliphatic carbocycles. The predicted molar refractivity (Wildman–Crippen MR) is 104 cm³/mol. The lowest BCUT2D eigenvalue weighted by Gasteiger charge is -2.47. The standard InChI is InChI=1S/C24H24O2/c1-2-12-23(26)13-14-24(16-18-6-4-3-5-7-18)20(17-23)9-8-19-15-21(25)10-11-22(19)24/h3-7,10-11,15,17,25-26H,8-9,13-14,16H2,1H3/t23-,24-/m1/s1. The lowest BCUT2D eigenvalue weighted by molar-refractivity contribution is 0.116. The summed E-state index contributed by atoms with van der Waals surface area (Å²) < 4.78 is 0. The van der Waals surface area contributed by atoms with Crippen LogP contribution >= 0.6 is 0 Å². The third-order valence-corrected chi connectivity index (χ3v) is 5.92. The van der Waals surface area contributed by atoms with Crippen LogP contribution in [0.5, 0.6) is 5.75 Å². The molecule has 2 N–H and O–H groups in total. The Bertz CT molecular complexity index is 916. The van der Waals surface area contributed by atoms with E-state index < -0.39 is 5.60 Å². The van der Waals surface area contributed by atoms with E-state index in [2.05, 4.69) is 42.2 Å². The van der Waals surface area contributed by atoms with Crippen LogP contribution in [-0.4, -0.2) is 15.8 Å². The van der Waals surface area contributed by atoms with E-state index in [-0.39, 0.29) is 5.41 Å². The molecule has 0 bridgehead atoms. The molecule has 2 aromatic carbocycles. The van der Waals surface area contributed by atoms with Gasteiger partial charge in [-0.05, 0) is 73.9 Å². The predicted octanol–water partition coefficient (Wildman–Crippen LogP) is 4.29. The molecule has 0 radical (unpaired) electrons. The van der Waals surface area contributed by atoms with Gasteiger partial charge in [-0.3, -0.25) is 0 Å². The molecule has 132 valence electrons. The zero-order chi connectivity index (χ0) is 18.2. The largest absolute Gasteiger partial charge is 0.508 e. The smallest absolute Gasteiger partial charge is 0.144 e. The van der Waals surface area contributed by atoms with E-state index in [1.807, 2.05) is 18.2 Å². The Morgan fingerprint density at radius 1 is 1.04 bits per heavy atom. The highest BCUT2D eigenvalue weighted by atomic mass is 16.3. The minimum Gasteiger partial charge on any atom is -0.508 e. The summed E-state index contributed by atoms with van der Waals surface area (Å²) in [7, 11) is 0. The average molecular weight is 344 g/mol. The van der Waals surface area contributed by atoms with E-state index in [1.165, 1.54) is 22.3 Å². The summed E-state index contributed by atoms with van der Waals surface area (Å²) in [6.07, 6.45) is 6.21. The van der Waals surface area contributed by atoms with Crippen molar-refractivity contribution in [2.24, 2.45) is 0 Å². The molecule has 0 saturated carbocycles. The minimum atomic E-state index is -1.02. The van der Waals surface area contributed by atoms with Crippen LogP contribution in [0.2, 0.25) is 0 Å². The average Bonchev–Trinajstić information content (AvgIpc) is 2.63. The Kier molecular flexibility index (Phi) is 4.13. The zero-order valence-electron chi connectivity index (χ0n) is 15.1. The number of hydrogen-bond acceptors (Lipinski definition) is 2. The first-order valence-electron chi connectivity index (χ1n) is 9.29. The Morgan fingerprint density at radius 3 is 2.62 bits per heavy atom. The number of hydrogen-bond donors (Lipinski definition) is 2. The summed E-state index contributed by atoms with van der Waals surface area (Å²) in [6, 6.07) is 16.3. The van der Waals surface area contributed by atoms with Crippen molar-refractivity contribution >= 4 is 0 Å². The molecule has 2 atom stereocenters. The second-order valence-electron chi connectivity index (χ2n) is 7.55. The van der Waals surface area contributed by atoms with Crippen LogP contribution in [-0.2, 0) is 18.3 Å². The maximum atomic E-state index is 10.9. The van der Waals surface area contributed by atoms with Crippen LogP contribution < -0.4 is 0 Å². The van der Waals surface area contributed by atoms with Gasteiger partial charge in [-0.25, -0.2) is 0 Å². The van der Waals surface area contributed by atoms with Crippen molar-refractivity contribution in [3.05, 3.63) is 76.9 Å². The summed E-state index contributed by atoms with van der Waals surface area (Å²) in [6.45, 7) is 1.78. The number of rotatable bonds is 2. The fraction of sp³-hybridized carbons (Fsp3) is 0.333. The lowest BCUT2D eigenvalue weighted by atomic mass is 9.57. The second-order valence-corrected chi connectivity index (χ2v) is 7.55. The molecular weight excluding hydrogens is 320 g/mol. The molecule has 2 heteroatoms. The van der Waals surface area contributed by atoms with Crippen molar-refractivity contribution < 1.29 is 10.2 Å². The number of aliphatic hydroxyl groups is 1. The molecule has 0 aliphatic heterocycles. The van der Waals surface area contributed by atoms with Crippen LogP contribution in [0, 0.1) is 11.8 Å². The molecular formula is C24H24O2. The normalized spacial score (nSPS) is 26.8. The van der Waals surface area contributed by atoms with Crippen LogP contribution in [0.15, 0.2) is 60.2 Å². The van der Waals surface area contributed by atoms with Crippen molar-refractivity contribution in [2.45, 2.75) is 50.0 Å². The van der Waals surface area contributed by atoms with Gasteiger partial charge in [0.2, 0.25) is 0 Å². The van der Waals surface area contributed by atoms with Gasteiger partial charge in [-0.2, -0.15) is 0 Å². The number of aromatic hydroxyl groups is 1. The van der Waals surface area contributed by atoms with Crippen molar-refractivity contribution in [2.75, 3.05) is 0 Å². The highest BCUT2D eigenvalue weighted by Crippen LogP contribution is 2.51. The zero-order valence-corrected chi connectivity index (χ0v) is 15.1. The van der Waals surface area contributed by atoms with Gasteiger partial charge < -0.3 is 10.2 Å². The van der Waals surface area contributed by atoms with Gasteiger partial charge in [0.05, 0.1) is 0 Å². The van der Waals surface area contributed by atoms with Gasteiger partial charge in [0.25, 0.3) is 0 Å². The van der Waals surface area contributed by atoms with Crippen molar-refractivity contribution in [3.8, 4) is 17.6 Å². The Balaban J connectivity index is 1.87. The molecule has 26 heavy (non-hydrogen) atoms. The second kappa shape index (κ2) is 6.34. The van der Waals surface area contributed by atoms with Crippen LogP contribution in [0.25, 0.3) is 0 Å². The first kappa shape index (κ1) is 16.9. The van der Waals surface area contributed by atoms with Gasteiger partial charge in [0.1, 0.15) is 11.4 Å². The van der Waals surface area contributed by atoms with E-state index in [0.29, 0.717) is 12.2 Å². The highest BCUT2D eigenvalue weighted by Gasteiger charge is 2.46. The van der Waals surface area contributed by atoms with Gasteiger partial charge in [0, 0.05) is 5.41 Å². The quantitative estimate of drug-likeness (QED) is 0.630. The van der Waals surface area contributed by atoms with Gasteiger partial charge in [-0.15, -0.1) is 5.92 Å². The highest BCUT2D eigenvalue weighted by molar-refractivity contribution is 5.52. The van der Waals surface area contributed by atoms with E-state index in [4.69, 9.17) is 0 Å². The summed E-state index contributed by atoms with van der Waals surface area (Å²) in [4.78, 5) is 0. The van der Waals surface area contributed by atoms with E-state index in [0.717, 1.165) is 25.7 Å². The maximum absolute atomic E-state index is 10.9. The molecule has 0 heterocycles. The summed E-state index contributed by atoms with van der Waals surface area (Å²) in [5.41, 5.74) is 3.97. The monoisotopic (exact) mass is 344 g/mol. The number of phenolic OH excluding ortho intramolecular Hbond substituents is 1. The molecule has 0 aromatic heterocycles. The number of phenols is 1. The summed E-state index contributed by atoms with van der Waals surface area (Å²) >= 11 is 0. The van der Waals surface area contributed by atoms with E-state index in [9.17, 15) is 10.2 Å². The van der Waals surface area contributed by atoms with Crippen LogP contribution in [0.3, 0.4) is 0 Å². The Morgan fingerprint density at radius 2 is 1.85 bits per heavy atom. The maximum Gasteiger partial charge on any atom is 0.144 e. The van der Waals surface area contributed by atoms with Crippen molar-refractivity contribution in [1.82, 2.24) is 0 Å². The third kappa shape index (κ3) is 2.83. The molecule has 0 fully saturated rings. The first-order valence-corrected chi connectivity index (χ1v) is 9.29. The van der Waals surface area contributed by atoms with Gasteiger partial charge in [-0.1, -0.05) is 47.9 Å². The number of aryl methyl sites for hydroxylation is 1. The third-order valence-electron chi connectivity index (χ3n) is 5.92. The van der Waals surface area contributed by atoms with Crippen LogP contribution in [0.4, 0.5) is 0 Å². The Labute approximate surface area is 155 Å². The number of allylic oxidation sites excluding steroid dienone is 1. The lowest BCUT2D eigenvalue weighted by Crippen LogP contribution is -2.43. The fourth-order valence-electron chi connectivity index (χ4n) is 4.76. The summed E-state index contributed by atoms with van der Waals surface area (Å²) in [5.74, 6) is 6.21. The number of fused-ring (bicyclic) bond motifs is 3. The molecule has 0 unspecified atom stereocenters. The molecule has 0 spiro atoms. The van der Waals surface area contributed by atoms with Gasteiger partial charge >= 0.3 is 0 Å². The minimum absolute atomic E-state index is 0.121. The summed E-state index contributed by atoms with van der Waals surface area (Å²) in [5, 5.41) is 20.8. The SMILES string of the molecule is CC#C[C@]1(O)C=C2CCc3cc(O)ccc3[C@@]2(Cc2ccccc2)CC1. The fourth-order valence-corrected chi connectivity index (χ4v) is 4.76. The molecule has 2 nitrogen and oxygen atoms in total.